The topological polar surface area (TPSA) is 41.3 Å². The summed E-state index contributed by atoms with van der Waals surface area (Å²) < 4.78 is 57.2. The van der Waals surface area contributed by atoms with Crippen LogP contribution < -0.4 is 0 Å². The molecule has 0 spiro atoms. The van der Waals surface area contributed by atoms with Crippen LogP contribution in [0, 0.1) is 11.2 Å². The van der Waals surface area contributed by atoms with Crippen LogP contribution in [0.3, 0.4) is 0 Å². The molecule has 2 aliphatic rings. The van der Waals surface area contributed by atoms with Gasteiger partial charge < -0.3 is 5.11 Å². The highest BCUT2D eigenvalue weighted by Gasteiger charge is 2.49. The average molecular weight is 586 g/mol. The van der Waals surface area contributed by atoms with E-state index in [0.717, 1.165) is 44.4 Å². The number of aliphatic hydroxyl groups is 1. The lowest BCUT2D eigenvalue weighted by molar-refractivity contribution is -0.137. The van der Waals surface area contributed by atoms with Crippen LogP contribution in [-0.2, 0) is 12.6 Å². The van der Waals surface area contributed by atoms with Crippen molar-refractivity contribution in [3.05, 3.63) is 105 Å². The number of rotatable bonds is 5. The van der Waals surface area contributed by atoms with Gasteiger partial charge in [0.05, 0.1) is 29.2 Å². The summed E-state index contributed by atoms with van der Waals surface area (Å²) in [6, 6.07) is 15.5. The maximum Gasteiger partial charge on any atom is 0.416 e. The minimum Gasteiger partial charge on any atom is -0.387 e. The number of halogens is 4. The van der Waals surface area contributed by atoms with Gasteiger partial charge in [0.1, 0.15) is 5.82 Å². The minimum absolute atomic E-state index is 0.315. The number of alkyl halides is 3. The smallest absolute Gasteiger partial charge is 0.387 e. The van der Waals surface area contributed by atoms with Gasteiger partial charge in [0.15, 0.2) is 0 Å². The van der Waals surface area contributed by atoms with E-state index in [1.165, 1.54) is 23.5 Å². The molecule has 0 bridgehead atoms. The molecule has 1 fully saturated rings. The lowest BCUT2D eigenvalue weighted by atomic mass is 9.65. The van der Waals surface area contributed by atoms with E-state index < -0.39 is 33.9 Å². The highest BCUT2D eigenvalue weighted by molar-refractivity contribution is 8.13. The summed E-state index contributed by atoms with van der Waals surface area (Å²) in [6.07, 6.45) is 0.0295. The Morgan fingerprint density at radius 3 is 2.50 bits per heavy atom. The van der Waals surface area contributed by atoms with Gasteiger partial charge in [-0.05, 0) is 96.7 Å². The molecule has 1 aliphatic heterocycles. The maximum atomic E-state index is 13.6. The third kappa shape index (κ3) is 4.76. The van der Waals surface area contributed by atoms with E-state index in [-0.39, 0.29) is 5.82 Å². The summed E-state index contributed by atoms with van der Waals surface area (Å²) in [6.45, 7) is 3.16. The lowest BCUT2D eigenvalue weighted by Gasteiger charge is -2.49. The van der Waals surface area contributed by atoms with Crippen LogP contribution in [0.4, 0.5) is 17.6 Å². The van der Waals surface area contributed by atoms with Crippen LogP contribution in [0.2, 0.25) is 0 Å². The van der Waals surface area contributed by atoms with E-state index in [2.05, 4.69) is 15.5 Å². The van der Waals surface area contributed by atoms with Gasteiger partial charge in [-0.1, -0.05) is 22.3 Å². The molecule has 3 heterocycles. The standard InChI is InChI=1S/C30H27F4N3OS2/c1-2-40(25-11-5-21(6-12-25)30(32,33)34)36-14-13-22-16-26-20(18-35-37(26)24-9-7-23(31)8-10-24)17-29(22,19-36)28(38)27-4-3-15-39-27/h2-12,15-16,18,28,38H,13-14,17,19H2,1H3/t28?,29-,40?/m0/s1. The van der Waals surface area contributed by atoms with Crippen LogP contribution >= 0.6 is 22.0 Å². The van der Waals surface area contributed by atoms with Crippen molar-refractivity contribution >= 4 is 33.5 Å². The summed E-state index contributed by atoms with van der Waals surface area (Å²) in [5.74, 6) is -0.315. The Bertz CT molecular complexity index is 1570. The second-order valence-corrected chi connectivity index (χ2v) is 13.1. The number of piperidine rings is 1. The summed E-state index contributed by atoms with van der Waals surface area (Å²) >= 11 is 1.51. The Balaban J connectivity index is 1.39. The molecule has 2 aromatic heterocycles. The fourth-order valence-corrected chi connectivity index (χ4v) is 8.58. The first-order valence-corrected chi connectivity index (χ1v) is 15.0. The molecule has 4 nitrogen and oxygen atoms in total. The van der Waals surface area contributed by atoms with Crippen molar-refractivity contribution < 1.29 is 22.7 Å². The Morgan fingerprint density at radius 2 is 1.85 bits per heavy atom. The van der Waals surface area contributed by atoms with E-state index >= 15 is 0 Å². The average Bonchev–Trinajstić information content (AvgIpc) is 3.62. The van der Waals surface area contributed by atoms with Crippen molar-refractivity contribution in [3.8, 4) is 5.69 Å². The molecule has 2 aromatic carbocycles. The summed E-state index contributed by atoms with van der Waals surface area (Å²) in [5, 5.41) is 20.5. The van der Waals surface area contributed by atoms with Crippen molar-refractivity contribution in [1.29, 1.82) is 0 Å². The molecule has 2 unspecified atom stereocenters. The number of aliphatic hydroxyl groups excluding tert-OH is 1. The molecule has 3 atom stereocenters. The van der Waals surface area contributed by atoms with Crippen LogP contribution in [0.5, 0.6) is 0 Å². The summed E-state index contributed by atoms with van der Waals surface area (Å²) in [7, 11) is -0.556. The molecule has 1 aliphatic carbocycles. The highest BCUT2D eigenvalue weighted by atomic mass is 32.2. The normalized spacial score (nSPS) is 21.0. The Morgan fingerprint density at radius 1 is 1.10 bits per heavy atom. The first-order chi connectivity index (χ1) is 19.2. The molecule has 10 heteroatoms. The quantitative estimate of drug-likeness (QED) is 0.195. The fraction of sp³-hybridized carbons (Fsp3) is 0.267. The maximum absolute atomic E-state index is 13.6. The van der Waals surface area contributed by atoms with Crippen LogP contribution in [0.15, 0.2) is 82.7 Å². The molecule has 208 valence electrons. The lowest BCUT2D eigenvalue weighted by Crippen LogP contribution is -2.48. The van der Waals surface area contributed by atoms with Gasteiger partial charge in [-0.25, -0.2) is 9.07 Å². The van der Waals surface area contributed by atoms with Crippen LogP contribution in [-0.4, -0.2) is 37.6 Å². The SMILES string of the molecule is C/C=S(\c1ccc(C(F)(F)F)cc1)N1CCC2=Cc3c(cnn3-c3ccc(F)cc3)C[C@]2(C(O)c2cccs2)C1. The van der Waals surface area contributed by atoms with E-state index in [1.54, 1.807) is 24.3 Å². The van der Waals surface area contributed by atoms with Gasteiger partial charge in [-0.2, -0.15) is 18.3 Å². The van der Waals surface area contributed by atoms with Crippen molar-refractivity contribution in [3.63, 3.8) is 0 Å². The first-order valence-electron chi connectivity index (χ1n) is 12.9. The van der Waals surface area contributed by atoms with E-state index in [9.17, 15) is 22.7 Å². The summed E-state index contributed by atoms with van der Waals surface area (Å²) in [5.41, 5.74) is 2.49. The number of fused-ring (bicyclic) bond motifs is 2. The molecular weight excluding hydrogens is 558 g/mol. The monoisotopic (exact) mass is 585 g/mol. The molecule has 1 N–H and O–H groups in total. The van der Waals surface area contributed by atoms with Gasteiger partial charge in [0.2, 0.25) is 0 Å². The second-order valence-electron chi connectivity index (χ2n) is 10.0. The number of hydrogen-bond acceptors (Lipinski definition) is 4. The number of benzene rings is 2. The first kappa shape index (κ1) is 27.1. The molecule has 6 rings (SSSR count). The van der Waals surface area contributed by atoms with Gasteiger partial charge in [-0.3, -0.25) is 4.31 Å². The molecule has 4 aromatic rings. The molecule has 0 amide bonds. The number of thiophene rings is 1. The van der Waals surface area contributed by atoms with Crippen molar-refractivity contribution in [2.45, 2.75) is 36.9 Å². The van der Waals surface area contributed by atoms with Gasteiger partial charge in [0.25, 0.3) is 0 Å². The Labute approximate surface area is 236 Å². The zero-order chi connectivity index (χ0) is 28.1. The van der Waals surface area contributed by atoms with Crippen molar-refractivity contribution in [2.24, 2.45) is 5.41 Å². The molecule has 0 saturated carbocycles. The zero-order valence-electron chi connectivity index (χ0n) is 21.6. The predicted octanol–water partition coefficient (Wildman–Crippen LogP) is 7.52. The highest BCUT2D eigenvalue weighted by Crippen LogP contribution is 2.54. The zero-order valence-corrected chi connectivity index (χ0v) is 23.2. The van der Waals surface area contributed by atoms with Gasteiger partial charge in [-0.15, -0.1) is 11.3 Å². The van der Waals surface area contributed by atoms with Gasteiger partial charge in [0, 0.05) is 28.3 Å². The third-order valence-corrected chi connectivity index (χ3v) is 10.8. The number of aromatic nitrogens is 2. The molecule has 40 heavy (non-hydrogen) atoms. The predicted molar refractivity (Wildman–Crippen MR) is 152 cm³/mol. The van der Waals surface area contributed by atoms with Gasteiger partial charge >= 0.3 is 6.18 Å². The van der Waals surface area contributed by atoms with E-state index in [0.29, 0.717) is 25.9 Å². The molecular formula is C30H27F4N3OS2. The third-order valence-electron chi connectivity index (χ3n) is 7.76. The van der Waals surface area contributed by atoms with Crippen LogP contribution in [0.25, 0.3) is 11.8 Å². The fourth-order valence-electron chi connectivity index (χ4n) is 5.81. The van der Waals surface area contributed by atoms with E-state index in [1.807, 2.05) is 40.7 Å². The van der Waals surface area contributed by atoms with Crippen LogP contribution in [0.1, 0.15) is 41.1 Å². The second kappa shape index (κ2) is 10.4. The van der Waals surface area contributed by atoms with Crippen molar-refractivity contribution in [1.82, 2.24) is 14.1 Å². The summed E-state index contributed by atoms with van der Waals surface area (Å²) in [4.78, 5) is 1.68. The Hall–Kier alpha value is -3.05. The Kier molecular flexibility index (Phi) is 7.06. The molecule has 1 saturated heterocycles. The number of hydrogen-bond donors (Lipinski definition) is 1. The van der Waals surface area contributed by atoms with Crippen molar-refractivity contribution in [2.75, 3.05) is 13.1 Å². The largest absolute Gasteiger partial charge is 0.416 e. The number of nitrogens with zero attached hydrogens (tertiary/aromatic N) is 3. The van der Waals surface area contributed by atoms with E-state index in [4.69, 9.17) is 0 Å². The molecule has 0 radical (unpaired) electrons. The minimum atomic E-state index is -4.38.